The number of phenolic OH excluding ortho intramolecular Hbond substituents is 1. The van der Waals surface area contributed by atoms with Crippen molar-refractivity contribution in [3.8, 4) is 5.75 Å². The Kier molecular flexibility index (Phi) is 5.52. The smallest absolute Gasteiger partial charge is 0.253 e. The molecule has 0 aliphatic rings. The van der Waals surface area contributed by atoms with Crippen molar-refractivity contribution in [2.45, 2.75) is 32.6 Å². The number of para-hydroxylation sites is 1. The van der Waals surface area contributed by atoms with Crippen molar-refractivity contribution in [3.05, 3.63) is 24.3 Å². The van der Waals surface area contributed by atoms with Gasteiger partial charge in [0.05, 0.1) is 0 Å². The van der Waals surface area contributed by atoms with Crippen LogP contribution in [0.4, 0.5) is 0 Å². The van der Waals surface area contributed by atoms with Crippen LogP contribution in [0.5, 0.6) is 5.75 Å². The van der Waals surface area contributed by atoms with Gasteiger partial charge in [-0.2, -0.15) is 0 Å². The molecule has 89 valence electrons. The van der Waals surface area contributed by atoms with Crippen LogP contribution in [0.15, 0.2) is 24.3 Å². The minimum absolute atomic E-state index is 0.173. The molecule has 0 spiro atoms. The van der Waals surface area contributed by atoms with E-state index < -0.39 is 9.04 Å². The molecule has 0 heterocycles. The zero-order valence-corrected chi connectivity index (χ0v) is 11.1. The number of aromatic hydroxyl groups is 1. The quantitative estimate of drug-likeness (QED) is 0.609. The predicted octanol–water partition coefficient (Wildman–Crippen LogP) is 2.01. The molecule has 1 rings (SSSR count). The molecule has 1 radical (unpaired) electrons. The fourth-order valence-corrected chi connectivity index (χ4v) is 3.41. The van der Waals surface area contributed by atoms with E-state index in [9.17, 15) is 5.11 Å². The topological polar surface area (TPSA) is 38.7 Å². The van der Waals surface area contributed by atoms with E-state index in [1.165, 1.54) is 0 Å². The summed E-state index contributed by atoms with van der Waals surface area (Å²) in [5.74, 6) is 0.323. The lowest BCUT2D eigenvalue weighted by Gasteiger charge is -2.21. The zero-order chi connectivity index (χ0) is 12.0. The van der Waals surface area contributed by atoms with Crippen LogP contribution < -0.4 is 5.19 Å². The summed E-state index contributed by atoms with van der Waals surface area (Å²) >= 11 is 0. The van der Waals surface area contributed by atoms with Crippen molar-refractivity contribution in [3.63, 3.8) is 0 Å². The van der Waals surface area contributed by atoms with E-state index in [-0.39, 0.29) is 6.29 Å². The summed E-state index contributed by atoms with van der Waals surface area (Å²) in [7, 11) is 0.457. The van der Waals surface area contributed by atoms with E-state index >= 15 is 0 Å². The van der Waals surface area contributed by atoms with Crippen LogP contribution in [-0.2, 0) is 9.16 Å². The number of hydrogen-bond acceptors (Lipinski definition) is 3. The third-order valence-corrected chi connectivity index (χ3v) is 4.61. The van der Waals surface area contributed by atoms with E-state index in [1.54, 1.807) is 13.2 Å². The molecular weight excluding hydrogens is 220 g/mol. The second-order valence-corrected chi connectivity index (χ2v) is 5.81. The van der Waals surface area contributed by atoms with Crippen molar-refractivity contribution in [1.82, 2.24) is 0 Å². The third-order valence-electron chi connectivity index (χ3n) is 2.40. The van der Waals surface area contributed by atoms with E-state index in [0.717, 1.165) is 17.7 Å². The van der Waals surface area contributed by atoms with Gasteiger partial charge in [-0.15, -0.1) is 0 Å². The Hall–Kier alpha value is -0.843. The molecule has 1 N–H and O–H groups in total. The minimum atomic E-state index is -1.19. The maximum Gasteiger partial charge on any atom is 0.253 e. The molecule has 3 nitrogen and oxygen atoms in total. The van der Waals surface area contributed by atoms with Gasteiger partial charge >= 0.3 is 0 Å². The molecule has 1 atom stereocenters. The van der Waals surface area contributed by atoms with Crippen molar-refractivity contribution in [1.29, 1.82) is 0 Å². The van der Waals surface area contributed by atoms with Crippen LogP contribution in [-0.4, -0.2) is 27.5 Å². The molecular formula is C12H19O3Si. The van der Waals surface area contributed by atoms with Gasteiger partial charge in [-0.3, -0.25) is 0 Å². The Morgan fingerprint density at radius 2 is 2.00 bits per heavy atom. The Balaban J connectivity index is 2.78. The lowest BCUT2D eigenvalue weighted by Crippen LogP contribution is -2.37. The van der Waals surface area contributed by atoms with Gasteiger partial charge in [0, 0.05) is 12.3 Å². The molecule has 0 aromatic heterocycles. The van der Waals surface area contributed by atoms with E-state index in [2.05, 4.69) is 6.92 Å². The Labute approximate surface area is 98.7 Å². The number of phenols is 1. The SMILES string of the molecule is CCC(OC)O[Si](CC)c1ccccc1O. The molecule has 1 aromatic rings. The lowest BCUT2D eigenvalue weighted by atomic mass is 10.3. The van der Waals surface area contributed by atoms with E-state index in [1.807, 2.05) is 25.1 Å². The molecule has 0 saturated heterocycles. The van der Waals surface area contributed by atoms with Crippen molar-refractivity contribution >= 4 is 14.2 Å². The van der Waals surface area contributed by atoms with Crippen LogP contribution in [0.25, 0.3) is 0 Å². The highest BCUT2D eigenvalue weighted by Gasteiger charge is 2.21. The van der Waals surface area contributed by atoms with Crippen LogP contribution in [0.1, 0.15) is 20.3 Å². The number of hydrogen-bond donors (Lipinski definition) is 1. The van der Waals surface area contributed by atoms with Gasteiger partial charge in [-0.25, -0.2) is 0 Å². The number of rotatable bonds is 6. The standard InChI is InChI=1S/C12H19O3Si/c1-4-12(14-3)15-16(5-2)11-9-7-6-8-10(11)13/h6-9,12-13H,4-5H2,1-3H3. The van der Waals surface area contributed by atoms with Gasteiger partial charge in [-0.1, -0.05) is 32.0 Å². The Morgan fingerprint density at radius 1 is 1.31 bits per heavy atom. The Bertz CT molecular complexity index is 313. The summed E-state index contributed by atoms with van der Waals surface area (Å²) in [4.78, 5) is 0. The molecule has 4 heteroatoms. The molecule has 0 aliphatic carbocycles. The first-order valence-corrected chi connectivity index (χ1v) is 7.18. The highest BCUT2D eigenvalue weighted by molar-refractivity contribution is 6.68. The predicted molar refractivity (Wildman–Crippen MR) is 66.1 cm³/mol. The number of benzene rings is 1. The Morgan fingerprint density at radius 3 is 2.50 bits per heavy atom. The van der Waals surface area contributed by atoms with Gasteiger partial charge in [0.25, 0.3) is 9.04 Å². The minimum Gasteiger partial charge on any atom is -0.508 e. The first-order valence-electron chi connectivity index (χ1n) is 5.56. The summed E-state index contributed by atoms with van der Waals surface area (Å²) < 4.78 is 11.1. The third kappa shape index (κ3) is 3.33. The average Bonchev–Trinajstić information content (AvgIpc) is 2.32. The van der Waals surface area contributed by atoms with Crippen LogP contribution in [0.2, 0.25) is 6.04 Å². The second-order valence-electron chi connectivity index (χ2n) is 3.49. The molecule has 16 heavy (non-hydrogen) atoms. The summed E-state index contributed by atoms with van der Waals surface area (Å²) in [6, 6.07) is 8.28. The van der Waals surface area contributed by atoms with Gasteiger partial charge in [-0.05, 0) is 18.5 Å². The zero-order valence-electron chi connectivity index (χ0n) is 10.1. The summed E-state index contributed by atoms with van der Waals surface area (Å²) in [5.41, 5.74) is 0. The van der Waals surface area contributed by atoms with Gasteiger partial charge in [0.1, 0.15) is 12.0 Å². The van der Waals surface area contributed by atoms with Crippen LogP contribution >= 0.6 is 0 Å². The van der Waals surface area contributed by atoms with Crippen LogP contribution in [0.3, 0.4) is 0 Å². The van der Waals surface area contributed by atoms with Crippen LogP contribution in [0, 0.1) is 0 Å². The first-order chi connectivity index (χ1) is 7.72. The first kappa shape index (κ1) is 13.2. The normalized spacial score (nSPS) is 13.0. The van der Waals surface area contributed by atoms with Crippen molar-refractivity contribution in [2.24, 2.45) is 0 Å². The fraction of sp³-hybridized carbons (Fsp3) is 0.500. The largest absolute Gasteiger partial charge is 0.508 e. The molecule has 0 aliphatic heterocycles. The maximum absolute atomic E-state index is 9.77. The average molecular weight is 239 g/mol. The number of methoxy groups -OCH3 is 1. The molecule has 0 amide bonds. The molecule has 0 saturated carbocycles. The monoisotopic (exact) mass is 239 g/mol. The highest BCUT2D eigenvalue weighted by atomic mass is 28.3. The maximum atomic E-state index is 9.77. The summed E-state index contributed by atoms with van der Waals surface area (Å²) in [6.45, 7) is 4.09. The summed E-state index contributed by atoms with van der Waals surface area (Å²) in [5, 5.41) is 10.7. The molecule has 0 bridgehead atoms. The van der Waals surface area contributed by atoms with Gasteiger partial charge in [0.15, 0.2) is 0 Å². The number of ether oxygens (including phenoxy) is 1. The fourth-order valence-electron chi connectivity index (χ4n) is 1.50. The van der Waals surface area contributed by atoms with Crippen molar-refractivity contribution < 1.29 is 14.3 Å². The molecule has 1 unspecified atom stereocenters. The second kappa shape index (κ2) is 6.68. The van der Waals surface area contributed by atoms with Gasteiger partial charge in [0.2, 0.25) is 0 Å². The molecule has 1 aromatic carbocycles. The van der Waals surface area contributed by atoms with E-state index in [0.29, 0.717) is 5.75 Å². The van der Waals surface area contributed by atoms with E-state index in [4.69, 9.17) is 9.16 Å². The lowest BCUT2D eigenvalue weighted by molar-refractivity contribution is -0.0564. The van der Waals surface area contributed by atoms with Gasteiger partial charge < -0.3 is 14.3 Å². The summed E-state index contributed by atoms with van der Waals surface area (Å²) in [6.07, 6.45) is 0.645. The molecule has 0 fully saturated rings. The highest BCUT2D eigenvalue weighted by Crippen LogP contribution is 2.11. The van der Waals surface area contributed by atoms with Crippen molar-refractivity contribution in [2.75, 3.05) is 7.11 Å².